The molecule has 0 bridgehead atoms. The second-order valence-electron chi connectivity index (χ2n) is 6.99. The lowest BCUT2D eigenvalue weighted by molar-refractivity contribution is 0.763. The van der Waals surface area contributed by atoms with Crippen LogP contribution in [0.5, 0.6) is 0 Å². The Hall–Kier alpha value is -3.32. The van der Waals surface area contributed by atoms with Crippen molar-refractivity contribution in [2.75, 3.05) is 5.31 Å². The van der Waals surface area contributed by atoms with Gasteiger partial charge in [0.15, 0.2) is 1.41 Å². The van der Waals surface area contributed by atoms with E-state index in [1.54, 1.807) is 5.31 Å². The van der Waals surface area contributed by atoms with E-state index < -0.39 is 0 Å². The molecule has 1 N–H and O–H groups in total. The maximum absolute atomic E-state index is 8.78. The Bertz CT molecular complexity index is 1120. The van der Waals surface area contributed by atoms with Crippen LogP contribution in [0.15, 0.2) is 97.1 Å². The molecule has 0 saturated heterocycles. The van der Waals surface area contributed by atoms with Crippen molar-refractivity contribution in [3.63, 3.8) is 0 Å². The lowest BCUT2D eigenvalue weighted by atomic mass is 9.65. The van der Waals surface area contributed by atoms with Crippen LogP contribution >= 0.6 is 0 Å². The van der Waals surface area contributed by atoms with Gasteiger partial charge in [0, 0.05) is 11.4 Å². The molecule has 6 rings (SSSR count). The summed E-state index contributed by atoms with van der Waals surface area (Å²) in [7, 11) is 0. The molecule has 0 aromatic heterocycles. The molecule has 122 valence electrons. The number of hydrogen-bond donors (Lipinski definition) is 1. The molecule has 4 aromatic carbocycles. The van der Waals surface area contributed by atoms with Gasteiger partial charge in [-0.05, 0) is 45.5 Å². The number of nitrogens with one attached hydrogen (secondary N) is 1. The largest absolute Gasteiger partial charge is 0.355 e. The van der Waals surface area contributed by atoms with Gasteiger partial charge >= 0.3 is 0 Å². The molecule has 0 amide bonds. The van der Waals surface area contributed by atoms with Gasteiger partial charge < -0.3 is 5.31 Å². The molecule has 0 unspecified atom stereocenters. The molecule has 0 fully saturated rings. The highest BCUT2D eigenvalue weighted by atomic mass is 14.9. The van der Waals surface area contributed by atoms with E-state index in [9.17, 15) is 0 Å². The standard InChI is InChI=1S/C25H17N/c1-3-11-19-17(9-1)18-10-2-4-12-20(18)25(19)21-13-5-7-15-23(21)26-24-16-8-6-14-22(24)25/h1-16,26H/i/hD. The number of fused-ring (bicyclic) bond motifs is 9. The summed E-state index contributed by atoms with van der Waals surface area (Å²) in [5, 5.41) is 1.58. The smallest absolute Gasteiger partial charge is 0.167 e. The van der Waals surface area contributed by atoms with E-state index in [4.69, 9.17) is 1.41 Å². The molecular formula is C25H17N. The minimum Gasteiger partial charge on any atom is -0.355 e. The van der Waals surface area contributed by atoms with Crippen LogP contribution in [0.4, 0.5) is 11.4 Å². The van der Waals surface area contributed by atoms with Crippen molar-refractivity contribution in [2.45, 2.75) is 5.41 Å². The lowest BCUT2D eigenvalue weighted by Gasteiger charge is -2.40. The van der Waals surface area contributed by atoms with Crippen molar-refractivity contribution < 1.29 is 1.41 Å². The summed E-state index contributed by atoms with van der Waals surface area (Å²) in [5.74, 6) is 0. The molecule has 26 heavy (non-hydrogen) atoms. The van der Waals surface area contributed by atoms with E-state index in [2.05, 4.69) is 84.9 Å². The highest BCUT2D eigenvalue weighted by molar-refractivity contribution is 5.92. The minimum absolute atomic E-state index is 0.377. The van der Waals surface area contributed by atoms with E-state index in [0.29, 0.717) is 0 Å². The lowest BCUT2D eigenvalue weighted by Crippen LogP contribution is -2.33. The quantitative estimate of drug-likeness (QED) is 0.361. The molecule has 1 nitrogen and oxygen atoms in total. The van der Waals surface area contributed by atoms with Crippen molar-refractivity contribution in [1.29, 1.82) is 0 Å². The first-order chi connectivity index (χ1) is 13.3. The van der Waals surface area contributed by atoms with Gasteiger partial charge in [0.1, 0.15) is 0 Å². The second-order valence-corrected chi connectivity index (χ2v) is 6.99. The summed E-state index contributed by atoms with van der Waals surface area (Å²) in [5.41, 5.74) is 9.06. The number of anilines is 2. The van der Waals surface area contributed by atoms with Gasteiger partial charge in [-0.25, -0.2) is 0 Å². The molecule has 1 aliphatic carbocycles. The summed E-state index contributed by atoms with van der Waals surface area (Å²) in [4.78, 5) is 0. The average Bonchev–Trinajstić information content (AvgIpc) is 3.04. The van der Waals surface area contributed by atoms with Crippen LogP contribution in [0.25, 0.3) is 11.1 Å². The zero-order chi connectivity index (χ0) is 18.0. The molecule has 1 heterocycles. The van der Waals surface area contributed by atoms with Crippen LogP contribution in [0, 0.1) is 0 Å². The van der Waals surface area contributed by atoms with Crippen molar-refractivity contribution in [2.24, 2.45) is 0 Å². The Morgan fingerprint density at radius 3 is 1.38 bits per heavy atom. The first kappa shape index (κ1) is 13.0. The van der Waals surface area contributed by atoms with Crippen LogP contribution in [-0.2, 0) is 5.41 Å². The fourth-order valence-corrected chi connectivity index (χ4v) is 4.87. The third kappa shape index (κ3) is 1.52. The molecule has 2 aliphatic rings. The van der Waals surface area contributed by atoms with Crippen LogP contribution < -0.4 is 5.31 Å². The third-order valence-electron chi connectivity index (χ3n) is 5.81. The van der Waals surface area contributed by atoms with Crippen LogP contribution in [0.3, 0.4) is 0 Å². The van der Waals surface area contributed by atoms with Crippen molar-refractivity contribution in [3.8, 4) is 11.1 Å². The first-order valence-electron chi connectivity index (χ1n) is 9.45. The summed E-state index contributed by atoms with van der Waals surface area (Å²) in [6.45, 7) is 0. The van der Waals surface area contributed by atoms with E-state index in [0.717, 1.165) is 11.4 Å². The highest BCUT2D eigenvalue weighted by Gasteiger charge is 2.49. The minimum atomic E-state index is -0.377. The maximum Gasteiger partial charge on any atom is 0.167 e. The van der Waals surface area contributed by atoms with Crippen LogP contribution in [-0.4, -0.2) is 0 Å². The van der Waals surface area contributed by atoms with Crippen molar-refractivity contribution in [3.05, 3.63) is 119 Å². The van der Waals surface area contributed by atoms with E-state index in [1.165, 1.54) is 33.4 Å². The average molecular weight is 332 g/mol. The first-order valence-corrected chi connectivity index (χ1v) is 9.01. The van der Waals surface area contributed by atoms with Gasteiger partial charge in [0.2, 0.25) is 0 Å². The SMILES string of the molecule is [2H]N1c2ccccc2C2(c3ccccc3-c3ccccc32)c2ccccc21. The summed E-state index contributed by atoms with van der Waals surface area (Å²) in [6.07, 6.45) is 0. The Morgan fingerprint density at radius 2 is 0.885 bits per heavy atom. The number of benzene rings is 4. The maximum atomic E-state index is 8.78. The van der Waals surface area contributed by atoms with Crippen LogP contribution in [0.2, 0.25) is 1.41 Å². The Balaban J connectivity index is 1.87. The molecule has 0 atom stereocenters. The monoisotopic (exact) mass is 332 g/mol. The van der Waals surface area contributed by atoms with Gasteiger partial charge in [0.05, 0.1) is 5.41 Å². The highest BCUT2D eigenvalue weighted by Crippen LogP contribution is 2.60. The zero-order valence-electron chi connectivity index (χ0n) is 15.2. The van der Waals surface area contributed by atoms with E-state index in [1.807, 2.05) is 12.1 Å². The Kier molecular flexibility index (Phi) is 2.42. The summed E-state index contributed by atoms with van der Waals surface area (Å²) >= 11 is 0. The van der Waals surface area contributed by atoms with Gasteiger partial charge in [0.25, 0.3) is 0 Å². The summed E-state index contributed by atoms with van der Waals surface area (Å²) < 4.78 is 8.78. The molecule has 1 spiro atoms. The van der Waals surface area contributed by atoms with Crippen LogP contribution in [0.1, 0.15) is 22.3 Å². The topological polar surface area (TPSA) is 12.0 Å². The normalized spacial score (nSPS) is 15.7. The predicted molar refractivity (Wildman–Crippen MR) is 107 cm³/mol. The molecule has 0 radical (unpaired) electrons. The van der Waals surface area contributed by atoms with Gasteiger partial charge in [-0.2, -0.15) is 0 Å². The predicted octanol–water partition coefficient (Wildman–Crippen LogP) is 6.11. The van der Waals surface area contributed by atoms with Crippen molar-refractivity contribution >= 4 is 11.4 Å². The fraction of sp³-hybridized carbons (Fsp3) is 0.0400. The van der Waals surface area contributed by atoms with Crippen molar-refractivity contribution in [1.82, 2.24) is 0 Å². The number of rotatable bonds is 0. The second kappa shape index (κ2) is 4.86. The zero-order valence-corrected chi connectivity index (χ0v) is 14.2. The molecule has 4 aromatic rings. The Labute approximate surface area is 154 Å². The van der Waals surface area contributed by atoms with E-state index >= 15 is 0 Å². The van der Waals surface area contributed by atoms with Gasteiger partial charge in [-0.3, -0.25) is 0 Å². The molecule has 1 heteroatoms. The number of hydrogen-bond acceptors (Lipinski definition) is 1. The number of para-hydroxylation sites is 2. The van der Waals surface area contributed by atoms with Gasteiger partial charge in [-0.1, -0.05) is 84.9 Å². The molecular weight excluding hydrogens is 314 g/mol. The summed E-state index contributed by atoms with van der Waals surface area (Å²) in [6, 6.07) is 34.2. The Morgan fingerprint density at radius 1 is 0.500 bits per heavy atom. The fourth-order valence-electron chi connectivity index (χ4n) is 4.87. The molecule has 0 saturated carbocycles. The van der Waals surface area contributed by atoms with Gasteiger partial charge in [-0.15, -0.1) is 0 Å². The van der Waals surface area contributed by atoms with E-state index in [-0.39, 0.29) is 5.41 Å². The third-order valence-corrected chi connectivity index (χ3v) is 5.81. The molecule has 1 aliphatic heterocycles.